The van der Waals surface area contributed by atoms with Gasteiger partial charge in [-0.2, -0.15) is 0 Å². The summed E-state index contributed by atoms with van der Waals surface area (Å²) in [4.78, 5) is 23.7. The maximum atomic E-state index is 12.7. The van der Waals surface area contributed by atoms with Crippen LogP contribution in [0.3, 0.4) is 0 Å². The van der Waals surface area contributed by atoms with Crippen LogP contribution in [0.2, 0.25) is 0 Å². The first-order valence-corrected chi connectivity index (χ1v) is 5.80. The molecule has 3 N–H and O–H groups in total. The van der Waals surface area contributed by atoms with Gasteiger partial charge in [0.1, 0.15) is 6.54 Å². The lowest BCUT2D eigenvalue weighted by Crippen LogP contribution is -2.45. The standard InChI is InChI=1S/C8H13F2N3O2S/c9-8(10,3-11)4-12-6(14)1-13-5-16-2-7(13)15/h1-5,11H2,(H,12,14). The molecule has 0 aliphatic carbocycles. The maximum absolute atomic E-state index is 12.7. The molecule has 1 heterocycles. The van der Waals surface area contributed by atoms with Gasteiger partial charge in [-0.25, -0.2) is 8.78 Å². The predicted molar refractivity (Wildman–Crippen MR) is 56.0 cm³/mol. The van der Waals surface area contributed by atoms with Gasteiger partial charge in [-0.15, -0.1) is 11.8 Å². The van der Waals surface area contributed by atoms with Crippen LogP contribution in [0, 0.1) is 0 Å². The zero-order valence-corrected chi connectivity index (χ0v) is 9.36. The second-order valence-corrected chi connectivity index (χ2v) is 4.36. The lowest BCUT2D eigenvalue weighted by Gasteiger charge is -2.17. The third-order valence-corrected chi connectivity index (χ3v) is 2.95. The van der Waals surface area contributed by atoms with Gasteiger partial charge < -0.3 is 16.0 Å². The van der Waals surface area contributed by atoms with Crippen LogP contribution in [-0.4, -0.2) is 53.9 Å². The lowest BCUT2D eigenvalue weighted by atomic mass is 10.3. The second-order valence-electron chi connectivity index (χ2n) is 3.41. The van der Waals surface area contributed by atoms with Crippen molar-refractivity contribution in [1.82, 2.24) is 10.2 Å². The molecule has 92 valence electrons. The van der Waals surface area contributed by atoms with E-state index in [4.69, 9.17) is 5.73 Å². The summed E-state index contributed by atoms with van der Waals surface area (Å²) in [6, 6.07) is 0. The number of nitrogens with one attached hydrogen (secondary N) is 1. The van der Waals surface area contributed by atoms with E-state index in [0.717, 1.165) is 0 Å². The topological polar surface area (TPSA) is 75.4 Å². The van der Waals surface area contributed by atoms with E-state index in [9.17, 15) is 18.4 Å². The fourth-order valence-electron chi connectivity index (χ4n) is 1.07. The first-order chi connectivity index (χ1) is 7.44. The van der Waals surface area contributed by atoms with Crippen molar-refractivity contribution < 1.29 is 18.4 Å². The molecule has 0 bridgehead atoms. The number of hydrogen-bond donors (Lipinski definition) is 2. The van der Waals surface area contributed by atoms with E-state index in [-0.39, 0.29) is 12.5 Å². The van der Waals surface area contributed by atoms with Gasteiger partial charge in [-0.3, -0.25) is 9.59 Å². The Morgan fingerprint density at radius 1 is 1.62 bits per heavy atom. The highest BCUT2D eigenvalue weighted by molar-refractivity contribution is 8.00. The molecule has 1 fully saturated rings. The Kier molecular flexibility index (Phi) is 4.48. The molecule has 0 aromatic carbocycles. The highest BCUT2D eigenvalue weighted by Crippen LogP contribution is 2.14. The number of carbonyl (C=O) groups excluding carboxylic acids is 2. The molecule has 5 nitrogen and oxygen atoms in total. The third kappa shape index (κ3) is 3.93. The molecule has 0 aromatic rings. The van der Waals surface area contributed by atoms with Crippen LogP contribution in [-0.2, 0) is 9.59 Å². The monoisotopic (exact) mass is 253 g/mol. The molecule has 0 atom stereocenters. The van der Waals surface area contributed by atoms with Crippen LogP contribution in [0.15, 0.2) is 0 Å². The van der Waals surface area contributed by atoms with Crippen LogP contribution in [0.25, 0.3) is 0 Å². The number of thioether (sulfide) groups is 1. The summed E-state index contributed by atoms with van der Waals surface area (Å²) in [5.74, 6) is -3.07. The molecule has 0 unspecified atom stereocenters. The number of rotatable bonds is 5. The smallest absolute Gasteiger partial charge is 0.277 e. The number of amides is 2. The molecule has 1 aliphatic rings. The number of hydrogen-bond acceptors (Lipinski definition) is 4. The van der Waals surface area contributed by atoms with Crippen LogP contribution in [0.4, 0.5) is 8.78 Å². The Balaban J connectivity index is 2.28. The molecular formula is C8H13F2N3O2S. The maximum Gasteiger partial charge on any atom is 0.277 e. The summed E-state index contributed by atoms with van der Waals surface area (Å²) in [7, 11) is 0. The average Bonchev–Trinajstić information content (AvgIpc) is 2.62. The molecule has 8 heteroatoms. The third-order valence-electron chi connectivity index (χ3n) is 2.00. The molecule has 0 aromatic heterocycles. The molecule has 0 saturated carbocycles. The highest BCUT2D eigenvalue weighted by atomic mass is 32.2. The first-order valence-electron chi connectivity index (χ1n) is 4.65. The van der Waals surface area contributed by atoms with Crippen LogP contribution in [0.5, 0.6) is 0 Å². The van der Waals surface area contributed by atoms with Gasteiger partial charge in [0.05, 0.1) is 24.7 Å². The van der Waals surface area contributed by atoms with E-state index in [1.807, 2.05) is 5.32 Å². The van der Waals surface area contributed by atoms with Gasteiger partial charge in [-0.1, -0.05) is 0 Å². The Morgan fingerprint density at radius 3 is 2.81 bits per heavy atom. The van der Waals surface area contributed by atoms with Crippen molar-refractivity contribution >= 4 is 23.6 Å². The van der Waals surface area contributed by atoms with Crippen molar-refractivity contribution in [1.29, 1.82) is 0 Å². The number of nitrogens with zero attached hydrogens (tertiary/aromatic N) is 1. The number of nitrogens with two attached hydrogens (primary N) is 1. The summed E-state index contributed by atoms with van der Waals surface area (Å²) in [5.41, 5.74) is 4.81. The van der Waals surface area contributed by atoms with Crippen molar-refractivity contribution in [2.75, 3.05) is 31.3 Å². The summed E-state index contributed by atoms with van der Waals surface area (Å²) in [5, 5.41) is 2.05. The Morgan fingerprint density at radius 2 is 2.31 bits per heavy atom. The van der Waals surface area contributed by atoms with Crippen LogP contribution in [0.1, 0.15) is 0 Å². The highest BCUT2D eigenvalue weighted by Gasteiger charge is 2.28. The van der Waals surface area contributed by atoms with Crippen LogP contribution >= 0.6 is 11.8 Å². The fraction of sp³-hybridized carbons (Fsp3) is 0.750. The molecule has 16 heavy (non-hydrogen) atoms. The molecule has 0 radical (unpaired) electrons. The number of carbonyl (C=O) groups is 2. The SMILES string of the molecule is NCC(F)(F)CNC(=O)CN1CSCC1=O. The number of alkyl halides is 2. The average molecular weight is 253 g/mol. The van der Waals surface area contributed by atoms with Gasteiger partial charge in [0, 0.05) is 0 Å². The normalized spacial score (nSPS) is 16.7. The molecule has 0 spiro atoms. The van der Waals surface area contributed by atoms with Gasteiger partial charge in [-0.05, 0) is 0 Å². The minimum atomic E-state index is -3.10. The van der Waals surface area contributed by atoms with Crippen molar-refractivity contribution in [3.05, 3.63) is 0 Å². The van der Waals surface area contributed by atoms with Crippen molar-refractivity contribution in [3.8, 4) is 0 Å². The lowest BCUT2D eigenvalue weighted by molar-refractivity contribution is -0.133. The van der Waals surface area contributed by atoms with Gasteiger partial charge >= 0.3 is 0 Å². The second kappa shape index (κ2) is 5.44. The first kappa shape index (κ1) is 13.2. The number of halogens is 2. The minimum Gasteiger partial charge on any atom is -0.348 e. The molecular weight excluding hydrogens is 240 g/mol. The predicted octanol–water partition coefficient (Wildman–Crippen LogP) is -0.771. The zero-order valence-electron chi connectivity index (χ0n) is 8.54. The van der Waals surface area contributed by atoms with E-state index < -0.39 is 24.9 Å². The van der Waals surface area contributed by atoms with E-state index in [1.165, 1.54) is 16.7 Å². The van der Waals surface area contributed by atoms with Gasteiger partial charge in [0.15, 0.2) is 0 Å². The van der Waals surface area contributed by atoms with E-state index in [2.05, 4.69) is 0 Å². The fourth-order valence-corrected chi connectivity index (χ4v) is 1.97. The van der Waals surface area contributed by atoms with E-state index >= 15 is 0 Å². The Labute approximate surface area is 95.7 Å². The Bertz CT molecular complexity index is 288. The quantitative estimate of drug-likeness (QED) is 0.674. The molecule has 2 amide bonds. The Hall–Kier alpha value is -0.890. The van der Waals surface area contributed by atoms with E-state index in [1.54, 1.807) is 0 Å². The van der Waals surface area contributed by atoms with Crippen molar-refractivity contribution in [2.45, 2.75) is 5.92 Å². The van der Waals surface area contributed by atoms with Crippen LogP contribution < -0.4 is 11.1 Å². The molecule has 1 saturated heterocycles. The minimum absolute atomic E-state index is 0.147. The summed E-state index contributed by atoms with van der Waals surface area (Å²) < 4.78 is 25.4. The summed E-state index contributed by atoms with van der Waals surface area (Å²) in [6.07, 6.45) is 0. The molecule has 1 aliphatic heterocycles. The van der Waals surface area contributed by atoms with Gasteiger partial charge in [0.25, 0.3) is 5.92 Å². The van der Waals surface area contributed by atoms with E-state index in [0.29, 0.717) is 11.6 Å². The largest absolute Gasteiger partial charge is 0.348 e. The zero-order chi connectivity index (χ0) is 12.2. The molecule has 1 rings (SSSR count). The van der Waals surface area contributed by atoms with Crippen molar-refractivity contribution in [3.63, 3.8) is 0 Å². The summed E-state index contributed by atoms with van der Waals surface area (Å²) in [6.45, 7) is -1.78. The van der Waals surface area contributed by atoms with Crippen molar-refractivity contribution in [2.24, 2.45) is 5.73 Å². The van der Waals surface area contributed by atoms with Gasteiger partial charge in [0.2, 0.25) is 11.8 Å². The summed E-state index contributed by atoms with van der Waals surface area (Å²) >= 11 is 1.39.